The number of amides is 1. The van der Waals surface area contributed by atoms with Crippen molar-refractivity contribution < 1.29 is 14.3 Å². The third-order valence-corrected chi connectivity index (χ3v) is 5.86. The Hall–Kier alpha value is -2.09. The van der Waals surface area contributed by atoms with E-state index in [0.29, 0.717) is 19.0 Å². The van der Waals surface area contributed by atoms with E-state index in [9.17, 15) is 4.79 Å². The molecule has 7 heteroatoms. The van der Waals surface area contributed by atoms with Crippen LogP contribution in [-0.4, -0.2) is 61.1 Å². The van der Waals surface area contributed by atoms with Crippen LogP contribution in [0.3, 0.4) is 0 Å². The highest BCUT2D eigenvalue weighted by Crippen LogP contribution is 2.32. The van der Waals surface area contributed by atoms with E-state index in [-0.39, 0.29) is 11.9 Å². The lowest BCUT2D eigenvalue weighted by Gasteiger charge is -2.37. The molecule has 0 bridgehead atoms. The minimum Gasteiger partial charge on any atom is -0.486 e. The maximum Gasteiger partial charge on any atom is 0.241 e. The van der Waals surface area contributed by atoms with E-state index in [1.54, 1.807) is 11.3 Å². The zero-order valence-corrected chi connectivity index (χ0v) is 16.3. The molecule has 1 saturated heterocycles. The van der Waals surface area contributed by atoms with Gasteiger partial charge in [-0.05, 0) is 41.4 Å². The van der Waals surface area contributed by atoms with Gasteiger partial charge in [-0.1, -0.05) is 0 Å². The third-order valence-electron chi connectivity index (χ3n) is 5.13. The highest BCUT2D eigenvalue weighted by atomic mass is 32.1. The van der Waals surface area contributed by atoms with E-state index >= 15 is 0 Å². The average Bonchev–Trinajstić information content (AvgIpc) is 3.21. The first kappa shape index (κ1) is 18.3. The minimum absolute atomic E-state index is 0.0120. The molecule has 1 fully saturated rings. The molecule has 1 atom stereocenters. The molecule has 1 aromatic heterocycles. The van der Waals surface area contributed by atoms with E-state index in [4.69, 9.17) is 9.47 Å². The Morgan fingerprint density at radius 1 is 1.15 bits per heavy atom. The molecule has 27 heavy (non-hydrogen) atoms. The summed E-state index contributed by atoms with van der Waals surface area (Å²) in [5.41, 5.74) is 2.12. The molecule has 6 nitrogen and oxygen atoms in total. The van der Waals surface area contributed by atoms with Crippen LogP contribution in [0.4, 0.5) is 5.69 Å². The second-order valence-corrected chi connectivity index (χ2v) is 7.75. The van der Waals surface area contributed by atoms with Gasteiger partial charge in [-0.2, -0.15) is 11.3 Å². The van der Waals surface area contributed by atoms with E-state index < -0.39 is 0 Å². The molecule has 4 rings (SSSR count). The summed E-state index contributed by atoms with van der Waals surface area (Å²) in [5.74, 6) is 1.43. The molecule has 144 valence electrons. The van der Waals surface area contributed by atoms with Crippen molar-refractivity contribution >= 4 is 22.9 Å². The van der Waals surface area contributed by atoms with E-state index in [2.05, 4.69) is 31.9 Å². The predicted molar refractivity (Wildman–Crippen MR) is 107 cm³/mol. The summed E-state index contributed by atoms with van der Waals surface area (Å²) in [4.78, 5) is 17.4. The lowest BCUT2D eigenvalue weighted by Crippen LogP contribution is -2.52. The number of anilines is 1. The summed E-state index contributed by atoms with van der Waals surface area (Å²) in [7, 11) is 0. The van der Waals surface area contributed by atoms with Gasteiger partial charge in [0.2, 0.25) is 5.91 Å². The lowest BCUT2D eigenvalue weighted by atomic mass is 10.2. The number of carbonyl (C=O) groups is 1. The van der Waals surface area contributed by atoms with E-state index in [1.165, 1.54) is 5.56 Å². The number of hydrogen-bond donors (Lipinski definition) is 1. The lowest BCUT2D eigenvalue weighted by molar-refractivity contribution is -0.121. The van der Waals surface area contributed by atoms with E-state index in [1.807, 2.05) is 25.1 Å². The molecule has 1 N–H and O–H groups in total. The number of nitrogens with zero attached hydrogens (tertiary/aromatic N) is 2. The van der Waals surface area contributed by atoms with Gasteiger partial charge in [0.15, 0.2) is 11.5 Å². The number of benzene rings is 1. The van der Waals surface area contributed by atoms with Crippen LogP contribution in [0, 0.1) is 0 Å². The molecule has 2 aliphatic heterocycles. The van der Waals surface area contributed by atoms with Crippen molar-refractivity contribution in [1.82, 2.24) is 9.80 Å². The monoisotopic (exact) mass is 387 g/mol. The molecular formula is C20H25N3O3S. The quantitative estimate of drug-likeness (QED) is 0.855. The Morgan fingerprint density at radius 2 is 1.93 bits per heavy atom. The summed E-state index contributed by atoms with van der Waals surface area (Å²) in [6.45, 7) is 7.84. The van der Waals surface area contributed by atoms with Crippen molar-refractivity contribution in [3.63, 3.8) is 0 Å². The third kappa shape index (κ3) is 4.43. The summed E-state index contributed by atoms with van der Waals surface area (Å²) in [5, 5.41) is 7.33. The van der Waals surface area contributed by atoms with Gasteiger partial charge in [0.25, 0.3) is 0 Å². The van der Waals surface area contributed by atoms with Crippen LogP contribution in [0.1, 0.15) is 12.5 Å². The number of nitrogens with one attached hydrogen (secondary N) is 1. The fourth-order valence-corrected chi connectivity index (χ4v) is 4.14. The number of carbonyl (C=O) groups excluding carboxylic acids is 1. The van der Waals surface area contributed by atoms with Crippen molar-refractivity contribution in [3.8, 4) is 11.5 Å². The predicted octanol–water partition coefficient (Wildman–Crippen LogP) is 2.66. The van der Waals surface area contributed by atoms with Crippen molar-refractivity contribution in [2.75, 3.05) is 44.7 Å². The van der Waals surface area contributed by atoms with Crippen molar-refractivity contribution in [2.24, 2.45) is 0 Å². The molecule has 3 heterocycles. The molecule has 0 aliphatic carbocycles. The highest BCUT2D eigenvalue weighted by molar-refractivity contribution is 7.07. The molecule has 1 amide bonds. The first-order valence-electron chi connectivity index (χ1n) is 9.37. The Labute approximate surface area is 163 Å². The Balaban J connectivity index is 1.29. The number of ether oxygens (including phenoxy) is 2. The normalized spacial score (nSPS) is 18.9. The fourth-order valence-electron chi connectivity index (χ4n) is 3.48. The standard InChI is InChI=1S/C20H25N3O3S/c1-15(23-7-5-22(6-8-23)13-16-4-11-27-14-16)20(24)21-17-2-3-18-19(12-17)26-10-9-25-18/h2-4,11-12,14-15H,5-10,13H2,1H3,(H,21,24)/t15-/m1/s1. The van der Waals surface area contributed by atoms with Crippen LogP contribution < -0.4 is 14.8 Å². The van der Waals surface area contributed by atoms with Gasteiger partial charge in [0.1, 0.15) is 13.2 Å². The summed E-state index contributed by atoms with van der Waals surface area (Å²) in [6, 6.07) is 7.55. The summed E-state index contributed by atoms with van der Waals surface area (Å²) < 4.78 is 11.1. The van der Waals surface area contributed by atoms with Crippen molar-refractivity contribution in [1.29, 1.82) is 0 Å². The molecule has 0 saturated carbocycles. The number of rotatable bonds is 5. The molecule has 1 aromatic carbocycles. The zero-order valence-electron chi connectivity index (χ0n) is 15.5. The van der Waals surface area contributed by atoms with Gasteiger partial charge >= 0.3 is 0 Å². The van der Waals surface area contributed by atoms with Gasteiger partial charge in [-0.25, -0.2) is 0 Å². The van der Waals surface area contributed by atoms with Crippen LogP contribution in [0.5, 0.6) is 11.5 Å². The Kier molecular flexibility index (Phi) is 5.61. The molecule has 0 spiro atoms. The molecule has 0 unspecified atom stereocenters. The Bertz CT molecular complexity index is 773. The number of thiophene rings is 1. The number of hydrogen-bond acceptors (Lipinski definition) is 6. The van der Waals surface area contributed by atoms with Crippen LogP contribution in [0.15, 0.2) is 35.0 Å². The molecular weight excluding hydrogens is 362 g/mol. The SMILES string of the molecule is C[C@H](C(=O)Nc1ccc2c(c1)OCCO2)N1CCN(Cc2ccsc2)CC1. The van der Waals surface area contributed by atoms with Crippen LogP contribution >= 0.6 is 11.3 Å². The maximum atomic E-state index is 12.7. The van der Waals surface area contributed by atoms with Crippen molar-refractivity contribution in [3.05, 3.63) is 40.6 Å². The smallest absolute Gasteiger partial charge is 0.241 e. The fraction of sp³-hybridized carbons (Fsp3) is 0.450. The minimum atomic E-state index is -0.165. The van der Waals surface area contributed by atoms with Gasteiger partial charge in [0, 0.05) is 44.5 Å². The Morgan fingerprint density at radius 3 is 2.67 bits per heavy atom. The van der Waals surface area contributed by atoms with Crippen molar-refractivity contribution in [2.45, 2.75) is 19.5 Å². The average molecular weight is 388 g/mol. The molecule has 0 radical (unpaired) electrons. The number of piperazine rings is 1. The summed E-state index contributed by atoms with van der Waals surface area (Å²) >= 11 is 1.74. The first-order valence-corrected chi connectivity index (χ1v) is 10.3. The first-order chi connectivity index (χ1) is 13.2. The topological polar surface area (TPSA) is 54.0 Å². The molecule has 2 aliphatic rings. The van der Waals surface area contributed by atoms with Crippen LogP contribution in [0.2, 0.25) is 0 Å². The van der Waals surface area contributed by atoms with Gasteiger partial charge in [0.05, 0.1) is 6.04 Å². The largest absolute Gasteiger partial charge is 0.486 e. The summed E-state index contributed by atoms with van der Waals surface area (Å²) in [6.07, 6.45) is 0. The maximum absolute atomic E-state index is 12.7. The van der Waals surface area contributed by atoms with E-state index in [0.717, 1.165) is 44.2 Å². The highest BCUT2D eigenvalue weighted by Gasteiger charge is 2.26. The van der Waals surface area contributed by atoms with Crippen LogP contribution in [-0.2, 0) is 11.3 Å². The second kappa shape index (κ2) is 8.29. The number of fused-ring (bicyclic) bond motifs is 1. The molecule has 2 aromatic rings. The van der Waals surface area contributed by atoms with Gasteiger partial charge < -0.3 is 14.8 Å². The van der Waals surface area contributed by atoms with Gasteiger partial charge in [-0.15, -0.1) is 0 Å². The zero-order chi connectivity index (χ0) is 18.6. The van der Waals surface area contributed by atoms with Crippen LogP contribution in [0.25, 0.3) is 0 Å². The second-order valence-electron chi connectivity index (χ2n) is 6.97. The van der Waals surface area contributed by atoms with Gasteiger partial charge in [-0.3, -0.25) is 14.6 Å².